The van der Waals surface area contributed by atoms with Gasteiger partial charge in [-0.05, 0) is 30.7 Å². The van der Waals surface area contributed by atoms with Gasteiger partial charge in [-0.3, -0.25) is 19.7 Å². The lowest BCUT2D eigenvalue weighted by Crippen LogP contribution is -2.44. The van der Waals surface area contributed by atoms with Crippen LogP contribution in [-0.2, 0) is 16.0 Å². The summed E-state index contributed by atoms with van der Waals surface area (Å²) in [6.45, 7) is 3.05. The second kappa shape index (κ2) is 5.24. The molecule has 104 valence electrons. The number of rotatable bonds is 2. The maximum Gasteiger partial charge on any atom is 0.335 e. The number of carbonyl (C=O) groups excluding carboxylic acids is 4. The maximum atomic E-state index is 11.9. The topological polar surface area (TPSA) is 83.6 Å². The molecule has 1 N–H and O–H groups in total. The second-order valence-electron chi connectivity index (χ2n) is 4.51. The molecule has 0 spiro atoms. The highest BCUT2D eigenvalue weighted by atomic mass is 16.2. The minimum Gasteiger partial charge on any atom is -0.295 e. The molecule has 1 aliphatic rings. The second-order valence-corrected chi connectivity index (χ2v) is 4.51. The molecule has 2 rings (SSSR count). The Morgan fingerprint density at radius 2 is 2.00 bits per heavy atom. The largest absolute Gasteiger partial charge is 0.335 e. The van der Waals surface area contributed by atoms with Gasteiger partial charge < -0.3 is 0 Å². The Morgan fingerprint density at radius 1 is 1.30 bits per heavy atom. The number of nitrogens with zero attached hydrogens (tertiary/aromatic N) is 1. The SMILES string of the molecule is CCC(=O)NC(=O)N1C(=O)Cc2cc(C(C)=O)ccc21. The van der Waals surface area contributed by atoms with Crippen molar-refractivity contribution < 1.29 is 19.2 Å². The first-order valence-electron chi connectivity index (χ1n) is 6.24. The van der Waals surface area contributed by atoms with Crippen molar-refractivity contribution in [1.82, 2.24) is 5.32 Å². The monoisotopic (exact) mass is 274 g/mol. The van der Waals surface area contributed by atoms with Crippen molar-refractivity contribution in [2.45, 2.75) is 26.7 Å². The van der Waals surface area contributed by atoms with Gasteiger partial charge in [0.25, 0.3) is 0 Å². The van der Waals surface area contributed by atoms with Gasteiger partial charge in [-0.1, -0.05) is 6.92 Å². The van der Waals surface area contributed by atoms with Crippen LogP contribution in [0.1, 0.15) is 36.2 Å². The first kappa shape index (κ1) is 13.9. The smallest absolute Gasteiger partial charge is 0.295 e. The van der Waals surface area contributed by atoms with Crippen LogP contribution < -0.4 is 10.2 Å². The number of anilines is 1. The van der Waals surface area contributed by atoms with Gasteiger partial charge in [-0.2, -0.15) is 0 Å². The Hall–Kier alpha value is -2.50. The van der Waals surface area contributed by atoms with Gasteiger partial charge in [0.15, 0.2) is 5.78 Å². The van der Waals surface area contributed by atoms with Gasteiger partial charge in [-0.15, -0.1) is 0 Å². The van der Waals surface area contributed by atoms with Crippen LogP contribution in [0.5, 0.6) is 0 Å². The summed E-state index contributed by atoms with van der Waals surface area (Å²) in [6, 6.07) is 3.95. The fourth-order valence-corrected chi connectivity index (χ4v) is 2.03. The van der Waals surface area contributed by atoms with Crippen LogP contribution in [0.2, 0.25) is 0 Å². The van der Waals surface area contributed by atoms with Gasteiger partial charge in [0.05, 0.1) is 12.1 Å². The summed E-state index contributed by atoms with van der Waals surface area (Å²) >= 11 is 0. The van der Waals surface area contributed by atoms with Crippen molar-refractivity contribution in [3.63, 3.8) is 0 Å². The summed E-state index contributed by atoms with van der Waals surface area (Å²) in [5, 5.41) is 2.14. The molecule has 0 radical (unpaired) electrons. The fourth-order valence-electron chi connectivity index (χ4n) is 2.03. The highest BCUT2D eigenvalue weighted by Gasteiger charge is 2.33. The van der Waals surface area contributed by atoms with Crippen molar-refractivity contribution in [2.75, 3.05) is 4.90 Å². The molecule has 4 amide bonds. The van der Waals surface area contributed by atoms with E-state index in [4.69, 9.17) is 0 Å². The predicted octanol–water partition coefficient (Wildman–Crippen LogP) is 1.42. The average molecular weight is 274 g/mol. The lowest BCUT2D eigenvalue weighted by molar-refractivity contribution is -0.119. The van der Waals surface area contributed by atoms with E-state index in [1.807, 2.05) is 0 Å². The third-order valence-electron chi connectivity index (χ3n) is 3.09. The Bertz CT molecular complexity index is 622. The number of benzene rings is 1. The molecule has 0 unspecified atom stereocenters. The number of fused-ring (bicyclic) bond motifs is 1. The van der Waals surface area contributed by atoms with E-state index in [0.717, 1.165) is 4.90 Å². The van der Waals surface area contributed by atoms with Gasteiger partial charge >= 0.3 is 6.03 Å². The summed E-state index contributed by atoms with van der Waals surface area (Å²) in [4.78, 5) is 47.3. The summed E-state index contributed by atoms with van der Waals surface area (Å²) in [6.07, 6.45) is 0.202. The number of Topliss-reactive ketones (excluding diaryl/α,β-unsaturated/α-hetero) is 1. The third kappa shape index (κ3) is 2.45. The molecular weight excluding hydrogens is 260 g/mol. The number of carbonyl (C=O) groups is 4. The van der Waals surface area contributed by atoms with Crippen molar-refractivity contribution in [3.05, 3.63) is 29.3 Å². The molecule has 0 saturated carbocycles. The third-order valence-corrected chi connectivity index (χ3v) is 3.09. The predicted molar refractivity (Wildman–Crippen MR) is 71.5 cm³/mol. The number of imide groups is 2. The molecule has 0 aliphatic carbocycles. The molecule has 0 bridgehead atoms. The fraction of sp³-hybridized carbons (Fsp3) is 0.286. The van der Waals surface area contributed by atoms with Crippen LogP contribution in [0.4, 0.5) is 10.5 Å². The van der Waals surface area contributed by atoms with Crippen LogP contribution in [0.25, 0.3) is 0 Å². The number of ketones is 1. The zero-order chi connectivity index (χ0) is 14.9. The summed E-state index contributed by atoms with van der Waals surface area (Å²) < 4.78 is 0. The Kier molecular flexibility index (Phi) is 3.65. The van der Waals surface area contributed by atoms with Gasteiger partial charge in [0, 0.05) is 12.0 Å². The number of nitrogens with one attached hydrogen (secondary N) is 1. The molecule has 0 aromatic heterocycles. The minimum atomic E-state index is -0.754. The highest BCUT2D eigenvalue weighted by molar-refractivity contribution is 6.21. The maximum absolute atomic E-state index is 11.9. The molecule has 1 aromatic carbocycles. The number of urea groups is 1. The van der Waals surface area contributed by atoms with Gasteiger partial charge in [-0.25, -0.2) is 9.69 Å². The van der Waals surface area contributed by atoms with E-state index in [2.05, 4.69) is 5.32 Å². The molecule has 6 heteroatoms. The van der Waals surface area contributed by atoms with Crippen LogP contribution in [0.3, 0.4) is 0 Å². The standard InChI is InChI=1S/C14H14N2O4/c1-3-12(18)15-14(20)16-11-5-4-9(8(2)17)6-10(11)7-13(16)19/h4-6H,3,7H2,1-2H3,(H,15,18,20). The molecule has 1 heterocycles. The van der Waals surface area contributed by atoms with Crippen molar-refractivity contribution in [3.8, 4) is 0 Å². The molecule has 20 heavy (non-hydrogen) atoms. The van der Waals surface area contributed by atoms with Crippen molar-refractivity contribution >= 4 is 29.3 Å². The van der Waals surface area contributed by atoms with Crippen LogP contribution in [0, 0.1) is 0 Å². The summed E-state index contributed by atoms with van der Waals surface area (Å²) in [5.41, 5.74) is 1.52. The summed E-state index contributed by atoms with van der Waals surface area (Å²) in [7, 11) is 0. The van der Waals surface area contributed by atoms with Crippen LogP contribution >= 0.6 is 0 Å². The molecule has 6 nitrogen and oxygen atoms in total. The molecule has 0 saturated heterocycles. The van der Waals surface area contributed by atoms with Gasteiger partial charge in [0.1, 0.15) is 0 Å². The van der Waals surface area contributed by atoms with Crippen LogP contribution in [-0.4, -0.2) is 23.6 Å². The van der Waals surface area contributed by atoms with Gasteiger partial charge in [0.2, 0.25) is 11.8 Å². The Morgan fingerprint density at radius 3 is 2.60 bits per heavy atom. The molecule has 1 aliphatic heterocycles. The number of amides is 4. The van der Waals surface area contributed by atoms with E-state index < -0.39 is 17.8 Å². The molecule has 1 aromatic rings. The van der Waals surface area contributed by atoms with Crippen molar-refractivity contribution in [1.29, 1.82) is 0 Å². The van der Waals surface area contributed by atoms with E-state index in [9.17, 15) is 19.2 Å². The first-order chi connectivity index (χ1) is 9.43. The number of hydrogen-bond donors (Lipinski definition) is 1. The molecular formula is C14H14N2O4. The lowest BCUT2D eigenvalue weighted by atomic mass is 10.1. The van der Waals surface area contributed by atoms with E-state index >= 15 is 0 Å². The minimum absolute atomic E-state index is 0.0458. The van der Waals surface area contributed by atoms with E-state index in [1.165, 1.54) is 6.92 Å². The van der Waals surface area contributed by atoms with E-state index in [0.29, 0.717) is 16.8 Å². The molecule has 0 atom stereocenters. The Labute approximate surface area is 115 Å². The van der Waals surface area contributed by atoms with Crippen LogP contribution in [0.15, 0.2) is 18.2 Å². The zero-order valence-corrected chi connectivity index (χ0v) is 11.2. The highest BCUT2D eigenvalue weighted by Crippen LogP contribution is 2.29. The Balaban J connectivity index is 2.31. The quantitative estimate of drug-likeness (QED) is 0.827. The number of hydrogen-bond acceptors (Lipinski definition) is 4. The first-order valence-corrected chi connectivity index (χ1v) is 6.24. The zero-order valence-electron chi connectivity index (χ0n) is 11.2. The van der Waals surface area contributed by atoms with E-state index in [-0.39, 0.29) is 18.6 Å². The lowest BCUT2D eigenvalue weighted by Gasteiger charge is -2.15. The normalized spacial score (nSPS) is 13.1. The van der Waals surface area contributed by atoms with E-state index in [1.54, 1.807) is 25.1 Å². The van der Waals surface area contributed by atoms with Crippen molar-refractivity contribution in [2.24, 2.45) is 0 Å². The summed E-state index contributed by atoms with van der Waals surface area (Å²) in [5.74, 6) is -0.969. The average Bonchev–Trinajstić information content (AvgIpc) is 2.73. The molecule has 0 fully saturated rings.